The number of hydrogen-bond donors (Lipinski definition) is 1. The first-order chi connectivity index (χ1) is 16.9. The number of aromatic nitrogens is 3. The smallest absolute Gasteiger partial charge is 0.227 e. The first-order valence-electron chi connectivity index (χ1n) is 11.1. The van der Waals surface area contributed by atoms with Crippen molar-refractivity contribution in [3.63, 3.8) is 0 Å². The monoisotopic (exact) mass is 500 g/mol. The quantitative estimate of drug-likeness (QED) is 0.313. The van der Waals surface area contributed by atoms with E-state index in [9.17, 15) is 8.42 Å². The van der Waals surface area contributed by atoms with E-state index in [2.05, 4.69) is 4.72 Å². The second-order valence-corrected chi connectivity index (χ2v) is 11.1. The maximum atomic E-state index is 13.0. The molecule has 35 heavy (non-hydrogen) atoms. The number of fused-ring (bicyclic) bond motifs is 1. The van der Waals surface area contributed by atoms with Gasteiger partial charge in [-0.05, 0) is 50.2 Å². The Kier molecular flexibility index (Phi) is 6.42. The third-order valence-electron chi connectivity index (χ3n) is 5.60. The van der Waals surface area contributed by atoms with Crippen molar-refractivity contribution in [2.75, 3.05) is 0 Å². The molecule has 0 aliphatic heterocycles. The SMILES string of the molecule is Cc1ccc(-c2nc3ccc(Sc4ccccc4)nn3c2CNS(=O)(=O)c2ccc(C)cc2)cc1. The molecule has 8 heteroatoms. The molecule has 3 aromatic carbocycles. The van der Waals surface area contributed by atoms with Crippen molar-refractivity contribution in [3.05, 3.63) is 108 Å². The predicted octanol–water partition coefficient (Wildman–Crippen LogP) is 5.64. The van der Waals surface area contributed by atoms with E-state index in [1.165, 1.54) is 0 Å². The van der Waals surface area contributed by atoms with Crippen molar-refractivity contribution < 1.29 is 8.42 Å². The summed E-state index contributed by atoms with van der Waals surface area (Å²) in [7, 11) is -3.71. The number of rotatable bonds is 7. The number of nitrogens with one attached hydrogen (secondary N) is 1. The van der Waals surface area contributed by atoms with Crippen molar-refractivity contribution in [1.29, 1.82) is 0 Å². The summed E-state index contributed by atoms with van der Waals surface area (Å²) in [6, 6.07) is 28.7. The summed E-state index contributed by atoms with van der Waals surface area (Å²) in [5.41, 5.74) is 5.07. The van der Waals surface area contributed by atoms with Gasteiger partial charge >= 0.3 is 0 Å². The Morgan fingerprint density at radius 1 is 0.829 bits per heavy atom. The van der Waals surface area contributed by atoms with Gasteiger partial charge in [0.05, 0.1) is 22.8 Å². The van der Waals surface area contributed by atoms with E-state index in [1.54, 1.807) is 40.5 Å². The number of aryl methyl sites for hydroxylation is 2. The van der Waals surface area contributed by atoms with Crippen LogP contribution < -0.4 is 4.72 Å². The third kappa shape index (κ3) is 5.14. The van der Waals surface area contributed by atoms with Crippen LogP contribution in [0.15, 0.2) is 106 Å². The van der Waals surface area contributed by atoms with Crippen LogP contribution in [-0.4, -0.2) is 23.0 Å². The molecule has 0 aliphatic carbocycles. The van der Waals surface area contributed by atoms with Gasteiger partial charge in [0, 0.05) is 10.5 Å². The van der Waals surface area contributed by atoms with Gasteiger partial charge in [-0.3, -0.25) is 0 Å². The minimum atomic E-state index is -3.71. The van der Waals surface area contributed by atoms with Gasteiger partial charge in [0.15, 0.2) is 5.65 Å². The molecule has 0 saturated carbocycles. The molecule has 0 fully saturated rings. The topological polar surface area (TPSA) is 76.4 Å². The number of hydrogen-bond acceptors (Lipinski definition) is 5. The van der Waals surface area contributed by atoms with Gasteiger partial charge in [0.1, 0.15) is 5.03 Å². The Balaban J connectivity index is 1.55. The highest BCUT2D eigenvalue weighted by Gasteiger charge is 2.20. The molecule has 176 valence electrons. The zero-order valence-electron chi connectivity index (χ0n) is 19.3. The maximum Gasteiger partial charge on any atom is 0.240 e. The van der Waals surface area contributed by atoms with Gasteiger partial charge in [-0.1, -0.05) is 77.5 Å². The summed E-state index contributed by atoms with van der Waals surface area (Å²) in [6.07, 6.45) is 0. The minimum Gasteiger partial charge on any atom is -0.227 e. The number of imidazole rings is 1. The molecule has 0 amide bonds. The Bertz CT molecular complexity index is 1580. The summed E-state index contributed by atoms with van der Waals surface area (Å²) >= 11 is 1.54. The molecule has 0 aliphatic rings. The molecule has 0 spiro atoms. The molecule has 5 rings (SSSR count). The predicted molar refractivity (Wildman–Crippen MR) is 139 cm³/mol. The van der Waals surface area contributed by atoms with Crippen LogP contribution in [0.4, 0.5) is 0 Å². The average molecular weight is 501 g/mol. The van der Waals surface area contributed by atoms with E-state index in [0.29, 0.717) is 17.0 Å². The van der Waals surface area contributed by atoms with Crippen molar-refractivity contribution in [3.8, 4) is 11.3 Å². The molecule has 0 atom stereocenters. The molecule has 1 N–H and O–H groups in total. The normalized spacial score (nSPS) is 11.7. The van der Waals surface area contributed by atoms with Crippen molar-refractivity contribution in [2.45, 2.75) is 35.2 Å². The van der Waals surface area contributed by atoms with E-state index in [4.69, 9.17) is 10.1 Å². The molecule has 2 heterocycles. The minimum absolute atomic E-state index is 0.0487. The fourth-order valence-electron chi connectivity index (χ4n) is 3.69. The zero-order chi connectivity index (χ0) is 24.4. The molecule has 5 aromatic rings. The summed E-state index contributed by atoms with van der Waals surface area (Å²) in [4.78, 5) is 6.10. The fourth-order valence-corrected chi connectivity index (χ4v) is 5.47. The van der Waals surface area contributed by atoms with E-state index < -0.39 is 10.0 Å². The van der Waals surface area contributed by atoms with E-state index in [0.717, 1.165) is 26.6 Å². The second kappa shape index (κ2) is 9.65. The Hall–Kier alpha value is -3.46. The van der Waals surface area contributed by atoms with Gasteiger partial charge in [-0.2, -0.15) is 5.10 Å². The molecule has 0 unspecified atom stereocenters. The lowest BCUT2D eigenvalue weighted by Crippen LogP contribution is -2.24. The summed E-state index contributed by atoms with van der Waals surface area (Å²) in [5, 5.41) is 5.59. The number of sulfonamides is 1. The van der Waals surface area contributed by atoms with Crippen molar-refractivity contribution >= 4 is 27.4 Å². The molecule has 6 nitrogen and oxygen atoms in total. The maximum absolute atomic E-state index is 13.0. The van der Waals surface area contributed by atoms with Crippen LogP contribution in [0.1, 0.15) is 16.8 Å². The van der Waals surface area contributed by atoms with Gasteiger partial charge in [0.25, 0.3) is 0 Å². The first-order valence-corrected chi connectivity index (χ1v) is 13.4. The van der Waals surface area contributed by atoms with E-state index >= 15 is 0 Å². The molecule has 0 saturated heterocycles. The van der Waals surface area contributed by atoms with Gasteiger partial charge < -0.3 is 0 Å². The van der Waals surface area contributed by atoms with Gasteiger partial charge in [0.2, 0.25) is 10.0 Å². The van der Waals surface area contributed by atoms with E-state index in [-0.39, 0.29) is 11.4 Å². The van der Waals surface area contributed by atoms with Gasteiger partial charge in [-0.15, -0.1) is 0 Å². The Labute approximate surface area is 209 Å². The average Bonchev–Trinajstić information content (AvgIpc) is 3.22. The van der Waals surface area contributed by atoms with Crippen LogP contribution >= 0.6 is 11.8 Å². The molecule has 0 radical (unpaired) electrons. The standard InChI is InChI=1S/C27H24N4O2S2/c1-19-8-12-21(13-9-19)27-24(18-28-35(32,33)23-14-10-20(2)11-15-23)31-25(29-27)16-17-26(30-31)34-22-6-4-3-5-7-22/h3-17,28H,18H2,1-2H3. The second-order valence-electron chi connectivity index (χ2n) is 8.27. The van der Waals surface area contributed by atoms with Crippen LogP contribution in [0.5, 0.6) is 0 Å². The molecular weight excluding hydrogens is 476 g/mol. The first kappa shape index (κ1) is 23.3. The lowest BCUT2D eigenvalue weighted by Gasteiger charge is -2.09. The highest BCUT2D eigenvalue weighted by atomic mass is 32.2. The highest BCUT2D eigenvalue weighted by molar-refractivity contribution is 7.99. The van der Waals surface area contributed by atoms with Crippen molar-refractivity contribution in [2.24, 2.45) is 0 Å². The molecule has 0 bridgehead atoms. The van der Waals surface area contributed by atoms with Crippen LogP contribution in [0.25, 0.3) is 16.9 Å². The molecular formula is C27H24N4O2S2. The molecule has 2 aromatic heterocycles. The summed E-state index contributed by atoms with van der Waals surface area (Å²) < 4.78 is 30.5. The van der Waals surface area contributed by atoms with Crippen LogP contribution in [0, 0.1) is 13.8 Å². The zero-order valence-corrected chi connectivity index (χ0v) is 21.0. The van der Waals surface area contributed by atoms with E-state index in [1.807, 2.05) is 80.6 Å². The number of nitrogens with zero attached hydrogens (tertiary/aromatic N) is 3. The highest BCUT2D eigenvalue weighted by Crippen LogP contribution is 2.29. The van der Waals surface area contributed by atoms with Gasteiger partial charge in [-0.25, -0.2) is 22.6 Å². The Morgan fingerprint density at radius 3 is 2.17 bits per heavy atom. The largest absolute Gasteiger partial charge is 0.240 e. The Morgan fingerprint density at radius 2 is 1.49 bits per heavy atom. The lowest BCUT2D eigenvalue weighted by molar-refractivity contribution is 0.579. The van der Waals surface area contributed by atoms with Crippen molar-refractivity contribution in [1.82, 2.24) is 19.3 Å². The summed E-state index contributed by atoms with van der Waals surface area (Å²) in [5.74, 6) is 0. The fraction of sp³-hybridized carbons (Fsp3) is 0.111. The summed E-state index contributed by atoms with van der Waals surface area (Å²) in [6.45, 7) is 4.00. The number of benzene rings is 3. The van der Waals surface area contributed by atoms with Crippen LogP contribution in [0.2, 0.25) is 0 Å². The lowest BCUT2D eigenvalue weighted by atomic mass is 10.1. The third-order valence-corrected chi connectivity index (χ3v) is 7.95. The van der Waals surface area contributed by atoms with Crippen LogP contribution in [0.3, 0.4) is 0 Å². The van der Waals surface area contributed by atoms with Crippen LogP contribution in [-0.2, 0) is 16.6 Å².